The minimum atomic E-state index is -3.54. The first-order chi connectivity index (χ1) is 14.3. The van der Waals surface area contributed by atoms with E-state index >= 15 is 0 Å². The molecule has 3 rings (SSSR count). The predicted octanol–water partition coefficient (Wildman–Crippen LogP) is 2.56. The Hall–Kier alpha value is -2.71. The lowest BCUT2D eigenvalue weighted by molar-refractivity contribution is -0.138. The number of carbonyl (C=O) groups is 2. The molecular formula is C22H26N2O5S. The van der Waals surface area contributed by atoms with E-state index in [1.807, 2.05) is 12.1 Å². The maximum Gasteiger partial charge on any atom is 0.305 e. The van der Waals surface area contributed by atoms with Crippen LogP contribution in [0.5, 0.6) is 0 Å². The quantitative estimate of drug-likeness (QED) is 0.670. The molecule has 1 fully saturated rings. The average molecular weight is 431 g/mol. The molecule has 0 bridgehead atoms. The van der Waals surface area contributed by atoms with Crippen molar-refractivity contribution in [2.75, 3.05) is 13.1 Å². The predicted molar refractivity (Wildman–Crippen MR) is 113 cm³/mol. The van der Waals surface area contributed by atoms with Crippen LogP contribution in [0.15, 0.2) is 60.7 Å². The number of rotatable bonds is 8. The van der Waals surface area contributed by atoms with Gasteiger partial charge >= 0.3 is 5.97 Å². The first kappa shape index (κ1) is 22.0. The minimum absolute atomic E-state index is 0.103. The van der Waals surface area contributed by atoms with Gasteiger partial charge in [-0.1, -0.05) is 60.7 Å². The zero-order valence-electron chi connectivity index (χ0n) is 16.6. The largest absolute Gasteiger partial charge is 0.481 e. The molecule has 1 aliphatic rings. The number of carbonyl (C=O) groups excluding carboxylic acids is 1. The van der Waals surface area contributed by atoms with Crippen LogP contribution in [0.4, 0.5) is 0 Å². The molecule has 30 heavy (non-hydrogen) atoms. The van der Waals surface area contributed by atoms with Crippen molar-refractivity contribution in [2.24, 2.45) is 5.92 Å². The second kappa shape index (κ2) is 9.86. The van der Waals surface area contributed by atoms with Crippen LogP contribution in [0, 0.1) is 5.92 Å². The molecule has 7 nitrogen and oxygen atoms in total. The van der Waals surface area contributed by atoms with Crippen molar-refractivity contribution in [1.82, 2.24) is 9.62 Å². The first-order valence-electron chi connectivity index (χ1n) is 9.94. The monoisotopic (exact) mass is 430 g/mol. The van der Waals surface area contributed by atoms with Gasteiger partial charge in [0.25, 0.3) is 0 Å². The molecule has 0 spiro atoms. The van der Waals surface area contributed by atoms with E-state index in [1.165, 1.54) is 4.31 Å². The van der Waals surface area contributed by atoms with Gasteiger partial charge < -0.3 is 10.4 Å². The van der Waals surface area contributed by atoms with Crippen LogP contribution < -0.4 is 5.32 Å². The van der Waals surface area contributed by atoms with Crippen LogP contribution in [-0.4, -0.2) is 42.8 Å². The molecule has 2 N–H and O–H groups in total. The van der Waals surface area contributed by atoms with Crippen molar-refractivity contribution in [1.29, 1.82) is 0 Å². The Labute approximate surface area is 176 Å². The maximum atomic E-state index is 12.9. The lowest BCUT2D eigenvalue weighted by Gasteiger charge is -2.32. The third-order valence-corrected chi connectivity index (χ3v) is 7.05. The van der Waals surface area contributed by atoms with Crippen molar-refractivity contribution >= 4 is 21.9 Å². The summed E-state index contributed by atoms with van der Waals surface area (Å²) >= 11 is 0. The normalized spacial score (nSPS) is 18.5. The number of carboxylic acids is 1. The standard InChI is InChI=1S/C22H26N2O5S/c25-21(26)14-20(18-10-5-2-6-11-18)23-22(27)19-12-7-13-24(15-19)30(28,29)16-17-8-3-1-4-9-17/h1-6,8-11,19-20H,7,12-16H2,(H,23,27)(H,25,26)/t19-,20+/m1/s1. The fourth-order valence-corrected chi connectivity index (χ4v) is 5.30. The summed E-state index contributed by atoms with van der Waals surface area (Å²) in [5.41, 5.74) is 1.41. The number of piperidine rings is 1. The van der Waals surface area contributed by atoms with Gasteiger partial charge in [-0.05, 0) is 24.0 Å². The van der Waals surface area contributed by atoms with Crippen molar-refractivity contribution in [3.63, 3.8) is 0 Å². The smallest absolute Gasteiger partial charge is 0.305 e. The Morgan fingerprint density at radius 1 is 1.07 bits per heavy atom. The van der Waals surface area contributed by atoms with Crippen LogP contribution in [0.2, 0.25) is 0 Å². The minimum Gasteiger partial charge on any atom is -0.481 e. The summed E-state index contributed by atoms with van der Waals surface area (Å²) in [6.45, 7) is 0.492. The van der Waals surface area contributed by atoms with Crippen LogP contribution in [-0.2, 0) is 25.4 Å². The number of nitrogens with one attached hydrogen (secondary N) is 1. The van der Waals surface area contributed by atoms with E-state index < -0.39 is 28.0 Å². The first-order valence-corrected chi connectivity index (χ1v) is 11.5. The molecule has 1 heterocycles. The second-order valence-corrected chi connectivity index (χ2v) is 9.48. The molecule has 2 aromatic rings. The topological polar surface area (TPSA) is 104 Å². The Bertz CT molecular complexity index is 964. The van der Waals surface area contributed by atoms with Gasteiger partial charge in [0.05, 0.1) is 24.1 Å². The summed E-state index contributed by atoms with van der Waals surface area (Å²) in [6, 6.07) is 17.2. The highest BCUT2D eigenvalue weighted by molar-refractivity contribution is 7.88. The van der Waals surface area contributed by atoms with Gasteiger partial charge in [0, 0.05) is 13.1 Å². The Morgan fingerprint density at radius 3 is 2.33 bits per heavy atom. The lowest BCUT2D eigenvalue weighted by Crippen LogP contribution is -2.46. The number of sulfonamides is 1. The van der Waals surface area contributed by atoms with Crippen molar-refractivity contribution in [3.8, 4) is 0 Å². The summed E-state index contributed by atoms with van der Waals surface area (Å²) in [4.78, 5) is 24.1. The molecule has 0 aliphatic carbocycles. The molecule has 160 valence electrons. The van der Waals surface area contributed by atoms with Gasteiger partial charge in [-0.2, -0.15) is 0 Å². The number of hydrogen-bond donors (Lipinski definition) is 2. The zero-order chi connectivity index (χ0) is 21.6. The van der Waals surface area contributed by atoms with Gasteiger partial charge in [-0.25, -0.2) is 12.7 Å². The Kier molecular flexibility index (Phi) is 7.23. The Morgan fingerprint density at radius 2 is 1.70 bits per heavy atom. The van der Waals surface area contributed by atoms with E-state index in [0.717, 1.165) is 0 Å². The molecule has 0 saturated carbocycles. The van der Waals surface area contributed by atoms with Gasteiger partial charge in [0.2, 0.25) is 15.9 Å². The number of aliphatic carboxylic acids is 1. The van der Waals surface area contributed by atoms with Crippen LogP contribution in [0.1, 0.15) is 36.4 Å². The molecule has 1 saturated heterocycles. The summed E-state index contributed by atoms with van der Waals surface area (Å²) in [5, 5.41) is 12.0. The molecule has 0 radical (unpaired) electrons. The number of hydrogen-bond acceptors (Lipinski definition) is 4. The highest BCUT2D eigenvalue weighted by atomic mass is 32.2. The molecule has 2 atom stereocenters. The highest BCUT2D eigenvalue weighted by Crippen LogP contribution is 2.24. The second-order valence-electron chi connectivity index (χ2n) is 7.51. The van der Waals surface area contributed by atoms with E-state index in [-0.39, 0.29) is 24.6 Å². The highest BCUT2D eigenvalue weighted by Gasteiger charge is 2.33. The summed E-state index contributed by atoms with van der Waals surface area (Å²) in [7, 11) is -3.54. The van der Waals surface area contributed by atoms with E-state index in [1.54, 1.807) is 48.5 Å². The van der Waals surface area contributed by atoms with E-state index in [2.05, 4.69) is 5.32 Å². The molecule has 2 aromatic carbocycles. The molecule has 0 aromatic heterocycles. The zero-order valence-corrected chi connectivity index (χ0v) is 17.4. The average Bonchev–Trinajstić information content (AvgIpc) is 2.74. The summed E-state index contributed by atoms with van der Waals surface area (Å²) < 4.78 is 27.0. The molecule has 1 aliphatic heterocycles. The van der Waals surface area contributed by atoms with Crippen molar-refractivity contribution in [3.05, 3.63) is 71.8 Å². The van der Waals surface area contributed by atoms with Crippen molar-refractivity contribution < 1.29 is 23.1 Å². The molecule has 8 heteroatoms. The SMILES string of the molecule is O=C(O)C[C@H](NC(=O)[C@@H]1CCCN(S(=O)(=O)Cc2ccccc2)C1)c1ccccc1. The van der Waals surface area contributed by atoms with Gasteiger partial charge in [-0.15, -0.1) is 0 Å². The van der Waals surface area contributed by atoms with Gasteiger partial charge in [0.1, 0.15) is 0 Å². The Balaban J connectivity index is 1.67. The van der Waals surface area contributed by atoms with Gasteiger partial charge in [-0.3, -0.25) is 9.59 Å². The molecule has 1 amide bonds. The van der Waals surface area contributed by atoms with E-state index in [4.69, 9.17) is 0 Å². The fourth-order valence-electron chi connectivity index (χ4n) is 3.69. The lowest BCUT2D eigenvalue weighted by atomic mass is 9.97. The summed E-state index contributed by atoms with van der Waals surface area (Å²) in [5.74, 6) is -1.94. The van der Waals surface area contributed by atoms with Gasteiger partial charge in [0.15, 0.2) is 0 Å². The third-order valence-electron chi connectivity index (χ3n) is 5.24. The fraction of sp³-hybridized carbons (Fsp3) is 0.364. The number of nitrogens with zero attached hydrogens (tertiary/aromatic N) is 1. The third kappa shape index (κ3) is 5.90. The maximum absolute atomic E-state index is 12.9. The van der Waals surface area contributed by atoms with E-state index in [0.29, 0.717) is 30.5 Å². The number of amides is 1. The van der Waals surface area contributed by atoms with Crippen molar-refractivity contribution in [2.45, 2.75) is 31.1 Å². The summed E-state index contributed by atoms with van der Waals surface area (Å²) in [6.07, 6.45) is 0.914. The number of carboxylic acid groups (broad SMARTS) is 1. The van der Waals surface area contributed by atoms with Crippen LogP contribution >= 0.6 is 0 Å². The van der Waals surface area contributed by atoms with Crippen LogP contribution in [0.25, 0.3) is 0 Å². The number of benzene rings is 2. The molecule has 0 unspecified atom stereocenters. The van der Waals surface area contributed by atoms with Crippen LogP contribution in [0.3, 0.4) is 0 Å². The molecular weight excluding hydrogens is 404 g/mol. The van der Waals surface area contributed by atoms with E-state index in [9.17, 15) is 23.1 Å².